The zero-order chi connectivity index (χ0) is 24.1. The number of alkyl halides is 3. The number of anilines is 2. The molecule has 1 aliphatic rings. The molecule has 34 heavy (non-hydrogen) atoms. The van der Waals surface area contributed by atoms with Gasteiger partial charge < -0.3 is 19.7 Å². The molecule has 1 amide bonds. The molecule has 1 aliphatic heterocycles. The highest BCUT2D eigenvalue weighted by Crippen LogP contribution is 2.31. The summed E-state index contributed by atoms with van der Waals surface area (Å²) in [6.07, 6.45) is -0.208. The van der Waals surface area contributed by atoms with E-state index in [-0.39, 0.29) is 17.6 Å². The number of ether oxygens (including phenoxy) is 2. The maximum atomic E-state index is 12.8. The van der Waals surface area contributed by atoms with Gasteiger partial charge in [-0.2, -0.15) is 0 Å². The summed E-state index contributed by atoms with van der Waals surface area (Å²) in [7, 11) is 0. The van der Waals surface area contributed by atoms with E-state index in [1.165, 1.54) is 12.1 Å². The molecule has 0 bridgehead atoms. The van der Waals surface area contributed by atoms with Gasteiger partial charge in [-0.05, 0) is 56.2 Å². The van der Waals surface area contributed by atoms with Crippen LogP contribution in [0.25, 0.3) is 0 Å². The minimum Gasteiger partial charge on any atom is -0.436 e. The number of aromatic nitrogens is 2. The molecule has 1 N–H and O–H groups in total. The van der Waals surface area contributed by atoms with Gasteiger partial charge in [0, 0.05) is 31.2 Å². The van der Waals surface area contributed by atoms with Crippen molar-refractivity contribution < 1.29 is 27.4 Å². The van der Waals surface area contributed by atoms with Crippen LogP contribution in [-0.4, -0.2) is 35.3 Å². The average Bonchev–Trinajstić information content (AvgIpc) is 2.81. The molecule has 7 nitrogen and oxygen atoms in total. The van der Waals surface area contributed by atoms with E-state index in [4.69, 9.17) is 4.74 Å². The van der Waals surface area contributed by atoms with Gasteiger partial charge in [-0.15, -0.1) is 13.2 Å². The molecule has 1 aromatic heterocycles. The number of rotatable bonds is 6. The molecule has 0 saturated carbocycles. The van der Waals surface area contributed by atoms with E-state index in [1.807, 2.05) is 36.1 Å². The third-order valence-corrected chi connectivity index (χ3v) is 5.33. The second kappa shape index (κ2) is 9.98. The van der Waals surface area contributed by atoms with Crippen LogP contribution in [0, 0.1) is 12.8 Å². The molecule has 10 heteroatoms. The van der Waals surface area contributed by atoms with E-state index in [0.29, 0.717) is 42.6 Å². The lowest BCUT2D eigenvalue weighted by molar-refractivity contribution is -0.274. The molecule has 3 aromatic rings. The molecule has 2 heterocycles. The first-order chi connectivity index (χ1) is 16.3. The van der Waals surface area contributed by atoms with Crippen LogP contribution in [0.5, 0.6) is 17.4 Å². The second-order valence-electron chi connectivity index (χ2n) is 7.95. The van der Waals surface area contributed by atoms with Gasteiger partial charge in [0.1, 0.15) is 11.5 Å². The van der Waals surface area contributed by atoms with E-state index in [0.717, 1.165) is 24.1 Å². The third kappa shape index (κ3) is 6.15. The topological polar surface area (TPSA) is 76.6 Å². The van der Waals surface area contributed by atoms with E-state index in [2.05, 4.69) is 20.0 Å². The lowest BCUT2D eigenvalue weighted by atomic mass is 9.97. The predicted octanol–water partition coefficient (Wildman–Crippen LogP) is 5.33. The summed E-state index contributed by atoms with van der Waals surface area (Å²) < 4.78 is 46.8. The molecular formula is C24H23F3N4O3. The summed E-state index contributed by atoms with van der Waals surface area (Å²) in [5.74, 6) is 0.629. The van der Waals surface area contributed by atoms with Crippen molar-refractivity contribution in [3.8, 4) is 17.4 Å². The molecular weight excluding hydrogens is 449 g/mol. The van der Waals surface area contributed by atoms with Gasteiger partial charge in [0.05, 0.1) is 5.92 Å². The fourth-order valence-corrected chi connectivity index (χ4v) is 3.69. The Morgan fingerprint density at radius 2 is 1.71 bits per heavy atom. The van der Waals surface area contributed by atoms with Gasteiger partial charge >= 0.3 is 6.36 Å². The van der Waals surface area contributed by atoms with Crippen LogP contribution in [0.4, 0.5) is 24.7 Å². The Labute approximate surface area is 194 Å². The molecule has 0 radical (unpaired) electrons. The number of amides is 1. The molecule has 4 rings (SSSR count). The number of benzene rings is 2. The molecule has 178 valence electrons. The van der Waals surface area contributed by atoms with Crippen LogP contribution in [0.3, 0.4) is 0 Å². The standard InChI is InChI=1S/C24H23F3N4O3/c1-16-4-8-19(9-5-16)33-23-21(28-12-13-29-23)31-14-2-3-17(15-31)22(32)30-18-6-10-20(11-7-18)34-24(25,26)27/h4-13,17H,2-3,14-15H2,1H3,(H,30,32). The smallest absolute Gasteiger partial charge is 0.436 e. The Morgan fingerprint density at radius 3 is 2.41 bits per heavy atom. The molecule has 1 saturated heterocycles. The van der Waals surface area contributed by atoms with Crippen LogP contribution < -0.4 is 19.7 Å². The zero-order valence-corrected chi connectivity index (χ0v) is 18.4. The second-order valence-corrected chi connectivity index (χ2v) is 7.95. The first-order valence-corrected chi connectivity index (χ1v) is 10.7. The Kier molecular flexibility index (Phi) is 6.85. The van der Waals surface area contributed by atoms with Crippen LogP contribution in [0.15, 0.2) is 60.9 Å². The Hall–Kier alpha value is -3.82. The van der Waals surface area contributed by atoms with Crippen LogP contribution in [0.2, 0.25) is 0 Å². The van der Waals surface area contributed by atoms with Crippen LogP contribution in [-0.2, 0) is 4.79 Å². The maximum Gasteiger partial charge on any atom is 0.573 e. The van der Waals surface area contributed by atoms with Gasteiger partial charge in [0.25, 0.3) is 5.88 Å². The van der Waals surface area contributed by atoms with Gasteiger partial charge in [0.15, 0.2) is 5.82 Å². The lowest BCUT2D eigenvalue weighted by Gasteiger charge is -2.33. The van der Waals surface area contributed by atoms with Gasteiger partial charge in [-0.3, -0.25) is 4.79 Å². The highest BCUT2D eigenvalue weighted by molar-refractivity contribution is 5.93. The van der Waals surface area contributed by atoms with Crippen LogP contribution in [0.1, 0.15) is 18.4 Å². The number of carbonyl (C=O) groups is 1. The summed E-state index contributed by atoms with van der Waals surface area (Å²) in [5.41, 5.74) is 1.50. The molecule has 1 atom stereocenters. The predicted molar refractivity (Wildman–Crippen MR) is 120 cm³/mol. The van der Waals surface area contributed by atoms with Crippen molar-refractivity contribution in [3.63, 3.8) is 0 Å². The molecule has 0 aliphatic carbocycles. The highest BCUT2D eigenvalue weighted by Gasteiger charge is 2.31. The zero-order valence-electron chi connectivity index (χ0n) is 18.4. The van der Waals surface area contributed by atoms with Crippen molar-refractivity contribution in [1.82, 2.24) is 9.97 Å². The molecule has 2 aromatic carbocycles. The van der Waals surface area contributed by atoms with Crippen molar-refractivity contribution in [1.29, 1.82) is 0 Å². The average molecular weight is 472 g/mol. The first-order valence-electron chi connectivity index (χ1n) is 10.7. The Bertz CT molecular complexity index is 1120. The van der Waals surface area contributed by atoms with Crippen LogP contribution >= 0.6 is 0 Å². The molecule has 0 spiro atoms. The summed E-state index contributed by atoms with van der Waals surface area (Å²) in [5, 5.41) is 2.76. The van der Waals surface area contributed by atoms with Gasteiger partial charge in [-0.1, -0.05) is 17.7 Å². The van der Waals surface area contributed by atoms with E-state index in [9.17, 15) is 18.0 Å². The minimum absolute atomic E-state index is 0.223. The largest absolute Gasteiger partial charge is 0.573 e. The van der Waals surface area contributed by atoms with Crippen molar-refractivity contribution in [3.05, 3.63) is 66.5 Å². The number of aryl methyl sites for hydroxylation is 1. The van der Waals surface area contributed by atoms with Gasteiger partial charge in [0.2, 0.25) is 5.91 Å². The monoisotopic (exact) mass is 472 g/mol. The molecule has 1 fully saturated rings. The number of nitrogens with zero attached hydrogens (tertiary/aromatic N) is 3. The van der Waals surface area contributed by atoms with Crippen molar-refractivity contribution in [2.45, 2.75) is 26.1 Å². The van der Waals surface area contributed by atoms with E-state index in [1.54, 1.807) is 12.4 Å². The summed E-state index contributed by atoms with van der Waals surface area (Å²) >= 11 is 0. The van der Waals surface area contributed by atoms with Crippen molar-refractivity contribution in [2.24, 2.45) is 5.92 Å². The summed E-state index contributed by atoms with van der Waals surface area (Å²) in [6.45, 7) is 3.08. The quantitative estimate of drug-likeness (QED) is 0.523. The fraction of sp³-hybridized carbons (Fsp3) is 0.292. The van der Waals surface area contributed by atoms with E-state index < -0.39 is 6.36 Å². The number of hydrogen-bond acceptors (Lipinski definition) is 6. The first kappa shape index (κ1) is 23.3. The normalized spacial score (nSPS) is 16.1. The minimum atomic E-state index is -4.77. The van der Waals surface area contributed by atoms with Crippen molar-refractivity contribution >= 4 is 17.4 Å². The summed E-state index contributed by atoms with van der Waals surface area (Å²) in [4.78, 5) is 23.6. The maximum absolute atomic E-state index is 12.8. The summed E-state index contributed by atoms with van der Waals surface area (Å²) in [6, 6.07) is 12.6. The SMILES string of the molecule is Cc1ccc(Oc2nccnc2N2CCCC(C(=O)Nc3ccc(OC(F)(F)F)cc3)C2)cc1. The lowest BCUT2D eigenvalue weighted by Crippen LogP contribution is -2.41. The number of piperidine rings is 1. The van der Waals surface area contributed by atoms with E-state index >= 15 is 0 Å². The Balaban J connectivity index is 1.41. The van der Waals surface area contributed by atoms with Gasteiger partial charge in [-0.25, -0.2) is 9.97 Å². The highest BCUT2D eigenvalue weighted by atomic mass is 19.4. The molecule has 1 unspecified atom stereocenters. The number of carbonyl (C=O) groups excluding carboxylic acids is 1. The Morgan fingerprint density at radius 1 is 1.03 bits per heavy atom. The number of hydrogen-bond donors (Lipinski definition) is 1. The third-order valence-electron chi connectivity index (χ3n) is 5.33. The van der Waals surface area contributed by atoms with Crippen molar-refractivity contribution in [2.75, 3.05) is 23.3 Å². The fourth-order valence-electron chi connectivity index (χ4n) is 3.69. The number of halogens is 3. The number of nitrogens with one attached hydrogen (secondary N) is 1.